The van der Waals surface area contributed by atoms with E-state index < -0.39 is 0 Å². The Balaban J connectivity index is 1.21. The standard InChI is InChI=1S/C22H34N4O/c23-17-22(27)26-11-8-18(9-12-26)7-10-24-13-15-25(16-14-24)21-6-2-4-19-3-1-5-20(19)21/h2,4,6,18H,1,3,5,7-17,23H2. The summed E-state index contributed by atoms with van der Waals surface area (Å²) in [5, 5.41) is 0. The van der Waals surface area contributed by atoms with Gasteiger partial charge in [0, 0.05) is 45.0 Å². The number of likely N-dealkylation sites (tertiary alicyclic amines) is 1. The molecule has 27 heavy (non-hydrogen) atoms. The minimum atomic E-state index is 0.108. The molecule has 1 aromatic rings. The highest BCUT2D eigenvalue weighted by Gasteiger charge is 2.25. The van der Waals surface area contributed by atoms with E-state index in [-0.39, 0.29) is 12.5 Å². The van der Waals surface area contributed by atoms with Crippen LogP contribution in [-0.2, 0) is 17.6 Å². The average Bonchev–Trinajstić information content (AvgIpc) is 3.21. The summed E-state index contributed by atoms with van der Waals surface area (Å²) < 4.78 is 0. The predicted molar refractivity (Wildman–Crippen MR) is 110 cm³/mol. The van der Waals surface area contributed by atoms with Crippen molar-refractivity contribution < 1.29 is 4.79 Å². The summed E-state index contributed by atoms with van der Waals surface area (Å²) in [6, 6.07) is 6.89. The molecular formula is C22H34N4O. The van der Waals surface area contributed by atoms with E-state index in [9.17, 15) is 4.79 Å². The maximum absolute atomic E-state index is 11.7. The Morgan fingerprint density at radius 2 is 1.81 bits per heavy atom. The van der Waals surface area contributed by atoms with Crippen molar-refractivity contribution in [2.24, 2.45) is 11.7 Å². The number of aryl methyl sites for hydroxylation is 1. The van der Waals surface area contributed by atoms with Crippen LogP contribution < -0.4 is 10.6 Å². The third-order valence-corrected chi connectivity index (χ3v) is 6.83. The first-order valence-electron chi connectivity index (χ1n) is 10.8. The lowest BCUT2D eigenvalue weighted by atomic mass is 9.93. The molecule has 0 atom stereocenters. The van der Waals surface area contributed by atoms with Gasteiger partial charge in [0.15, 0.2) is 0 Å². The van der Waals surface area contributed by atoms with Gasteiger partial charge in [-0.05, 0) is 68.2 Å². The number of carbonyl (C=O) groups excluding carboxylic acids is 1. The lowest BCUT2D eigenvalue weighted by Gasteiger charge is -2.38. The minimum Gasteiger partial charge on any atom is -0.369 e. The van der Waals surface area contributed by atoms with Gasteiger partial charge >= 0.3 is 0 Å². The van der Waals surface area contributed by atoms with Crippen molar-refractivity contribution >= 4 is 11.6 Å². The second-order valence-electron chi connectivity index (χ2n) is 8.41. The van der Waals surface area contributed by atoms with Crippen molar-refractivity contribution in [1.29, 1.82) is 0 Å². The number of fused-ring (bicyclic) bond motifs is 1. The molecule has 5 nitrogen and oxygen atoms in total. The number of piperazine rings is 1. The number of hydrogen-bond acceptors (Lipinski definition) is 4. The van der Waals surface area contributed by atoms with Crippen molar-refractivity contribution in [3.63, 3.8) is 0 Å². The van der Waals surface area contributed by atoms with Crippen LogP contribution in [0.1, 0.15) is 36.8 Å². The molecule has 2 aliphatic heterocycles. The van der Waals surface area contributed by atoms with Crippen molar-refractivity contribution in [1.82, 2.24) is 9.80 Å². The van der Waals surface area contributed by atoms with Crippen molar-refractivity contribution in [3.05, 3.63) is 29.3 Å². The molecule has 0 saturated carbocycles. The van der Waals surface area contributed by atoms with Gasteiger partial charge in [-0.3, -0.25) is 9.69 Å². The Labute approximate surface area is 163 Å². The van der Waals surface area contributed by atoms with E-state index in [0.717, 1.165) is 44.9 Å². The Hall–Kier alpha value is -1.59. The maximum Gasteiger partial charge on any atom is 0.236 e. The Kier molecular flexibility index (Phi) is 5.98. The normalized spacial score (nSPS) is 21.5. The molecule has 0 aromatic heterocycles. The topological polar surface area (TPSA) is 52.8 Å². The second kappa shape index (κ2) is 8.61. The predicted octanol–water partition coefficient (Wildman–Crippen LogP) is 1.88. The summed E-state index contributed by atoms with van der Waals surface area (Å²) in [6.45, 7) is 7.80. The molecule has 1 aromatic carbocycles. The molecule has 3 aliphatic rings. The molecule has 0 spiro atoms. The Morgan fingerprint density at radius 1 is 1.04 bits per heavy atom. The summed E-state index contributed by atoms with van der Waals surface area (Å²) in [5.41, 5.74) is 10.2. The number of carbonyl (C=O) groups is 1. The molecule has 1 aliphatic carbocycles. The molecule has 5 heteroatoms. The number of anilines is 1. The number of benzene rings is 1. The van der Waals surface area contributed by atoms with Crippen LogP contribution in [-0.4, -0.2) is 68.1 Å². The third kappa shape index (κ3) is 4.30. The quantitative estimate of drug-likeness (QED) is 0.860. The zero-order valence-corrected chi connectivity index (χ0v) is 16.5. The fraction of sp³-hybridized carbons (Fsp3) is 0.682. The molecule has 2 fully saturated rings. The molecule has 0 radical (unpaired) electrons. The van der Waals surface area contributed by atoms with Gasteiger partial charge in [-0.1, -0.05) is 12.1 Å². The van der Waals surface area contributed by atoms with Crippen LogP contribution in [0.2, 0.25) is 0 Å². The SMILES string of the molecule is NCC(=O)N1CCC(CCN2CCN(c3cccc4c3CCC4)CC2)CC1. The van der Waals surface area contributed by atoms with E-state index in [0.29, 0.717) is 0 Å². The van der Waals surface area contributed by atoms with Crippen LogP contribution in [0.15, 0.2) is 18.2 Å². The molecule has 1 amide bonds. The molecular weight excluding hydrogens is 336 g/mol. The molecule has 148 valence electrons. The minimum absolute atomic E-state index is 0.108. The van der Waals surface area contributed by atoms with Gasteiger partial charge in [-0.15, -0.1) is 0 Å². The van der Waals surface area contributed by atoms with Crippen molar-refractivity contribution in [2.45, 2.75) is 38.5 Å². The van der Waals surface area contributed by atoms with Gasteiger partial charge in [-0.2, -0.15) is 0 Å². The first-order chi connectivity index (χ1) is 13.2. The Bertz CT molecular complexity index is 646. The monoisotopic (exact) mass is 370 g/mol. The first-order valence-corrected chi connectivity index (χ1v) is 10.8. The van der Waals surface area contributed by atoms with Gasteiger partial charge in [-0.25, -0.2) is 0 Å². The van der Waals surface area contributed by atoms with Crippen LogP contribution in [0, 0.1) is 5.92 Å². The van der Waals surface area contributed by atoms with E-state index in [1.807, 2.05) is 4.90 Å². The molecule has 0 unspecified atom stereocenters. The van der Waals surface area contributed by atoms with E-state index in [1.54, 1.807) is 11.1 Å². The van der Waals surface area contributed by atoms with Crippen molar-refractivity contribution in [2.75, 3.05) is 57.3 Å². The van der Waals surface area contributed by atoms with E-state index in [1.165, 1.54) is 51.0 Å². The van der Waals surface area contributed by atoms with E-state index in [4.69, 9.17) is 5.73 Å². The van der Waals surface area contributed by atoms with E-state index in [2.05, 4.69) is 28.0 Å². The number of nitrogens with zero attached hydrogens (tertiary/aromatic N) is 3. The fourth-order valence-electron chi connectivity index (χ4n) is 5.07. The fourth-order valence-corrected chi connectivity index (χ4v) is 5.07. The van der Waals surface area contributed by atoms with Crippen LogP contribution in [0.25, 0.3) is 0 Å². The number of amides is 1. The summed E-state index contributed by atoms with van der Waals surface area (Å²) in [7, 11) is 0. The lowest BCUT2D eigenvalue weighted by molar-refractivity contribution is -0.131. The van der Waals surface area contributed by atoms with Gasteiger partial charge in [0.1, 0.15) is 0 Å². The zero-order valence-electron chi connectivity index (χ0n) is 16.5. The number of rotatable bonds is 5. The largest absolute Gasteiger partial charge is 0.369 e. The molecule has 2 heterocycles. The summed E-state index contributed by atoms with van der Waals surface area (Å²) >= 11 is 0. The molecule has 2 N–H and O–H groups in total. The van der Waals surface area contributed by atoms with Gasteiger partial charge in [0.2, 0.25) is 5.91 Å². The highest BCUT2D eigenvalue weighted by Crippen LogP contribution is 2.32. The third-order valence-electron chi connectivity index (χ3n) is 6.83. The number of piperidine rings is 1. The Morgan fingerprint density at radius 3 is 2.56 bits per heavy atom. The van der Waals surface area contributed by atoms with Crippen LogP contribution in [0.4, 0.5) is 5.69 Å². The van der Waals surface area contributed by atoms with Gasteiger partial charge in [0.25, 0.3) is 0 Å². The number of hydrogen-bond donors (Lipinski definition) is 1. The molecule has 0 bridgehead atoms. The molecule has 2 saturated heterocycles. The van der Waals surface area contributed by atoms with E-state index >= 15 is 0 Å². The second-order valence-corrected chi connectivity index (χ2v) is 8.41. The van der Waals surface area contributed by atoms with Gasteiger partial charge in [0.05, 0.1) is 6.54 Å². The highest BCUT2D eigenvalue weighted by molar-refractivity contribution is 5.78. The van der Waals surface area contributed by atoms with Crippen LogP contribution >= 0.6 is 0 Å². The molecule has 4 rings (SSSR count). The summed E-state index contributed by atoms with van der Waals surface area (Å²) in [5.74, 6) is 0.874. The van der Waals surface area contributed by atoms with Crippen LogP contribution in [0.3, 0.4) is 0 Å². The first kappa shape index (κ1) is 18.8. The summed E-state index contributed by atoms with van der Waals surface area (Å²) in [4.78, 5) is 18.9. The smallest absolute Gasteiger partial charge is 0.236 e. The van der Waals surface area contributed by atoms with Gasteiger partial charge < -0.3 is 15.5 Å². The summed E-state index contributed by atoms with van der Waals surface area (Å²) in [6.07, 6.45) is 7.40. The van der Waals surface area contributed by atoms with Crippen molar-refractivity contribution in [3.8, 4) is 0 Å². The highest BCUT2D eigenvalue weighted by atomic mass is 16.2. The average molecular weight is 371 g/mol. The lowest BCUT2D eigenvalue weighted by Crippen LogP contribution is -2.47. The zero-order chi connectivity index (χ0) is 18.6. The van der Waals surface area contributed by atoms with Crippen LogP contribution in [0.5, 0.6) is 0 Å². The maximum atomic E-state index is 11.7. The number of nitrogens with two attached hydrogens (primary N) is 1.